The first-order chi connectivity index (χ1) is 7.96. The van der Waals surface area contributed by atoms with Gasteiger partial charge in [-0.1, -0.05) is 18.2 Å². The Morgan fingerprint density at radius 2 is 1.94 bits per heavy atom. The van der Waals surface area contributed by atoms with Gasteiger partial charge in [0.1, 0.15) is 0 Å². The summed E-state index contributed by atoms with van der Waals surface area (Å²) in [5.74, 6) is -0.189. The Balaban J connectivity index is 2.38. The molecule has 0 unspecified atom stereocenters. The highest BCUT2D eigenvalue weighted by atomic mass is 32.2. The molecule has 6 heteroatoms. The lowest BCUT2D eigenvalue weighted by atomic mass is 10.3. The molecule has 0 aliphatic carbocycles. The molecule has 1 aromatic carbocycles. The summed E-state index contributed by atoms with van der Waals surface area (Å²) in [7, 11) is -3.52. The summed E-state index contributed by atoms with van der Waals surface area (Å²) in [6.45, 7) is 1.76. The van der Waals surface area contributed by atoms with Crippen molar-refractivity contribution in [2.75, 3.05) is 0 Å². The zero-order valence-electron chi connectivity index (χ0n) is 9.37. The Labute approximate surface area is 99.9 Å². The maximum Gasteiger partial charge on any atom is 0.213 e. The summed E-state index contributed by atoms with van der Waals surface area (Å²) < 4.78 is 23.7. The predicted octanol–water partition coefficient (Wildman–Crippen LogP) is 0.969. The fourth-order valence-electron chi connectivity index (χ4n) is 1.57. The van der Waals surface area contributed by atoms with Gasteiger partial charge in [0.2, 0.25) is 10.0 Å². The molecule has 0 saturated heterocycles. The van der Waals surface area contributed by atoms with Crippen LogP contribution in [0.25, 0.3) is 5.69 Å². The van der Waals surface area contributed by atoms with Crippen LogP contribution in [-0.4, -0.2) is 18.2 Å². The summed E-state index contributed by atoms with van der Waals surface area (Å²) in [6, 6.07) is 9.49. The Morgan fingerprint density at radius 3 is 2.53 bits per heavy atom. The molecule has 0 saturated carbocycles. The van der Waals surface area contributed by atoms with Crippen molar-refractivity contribution >= 4 is 10.0 Å². The van der Waals surface area contributed by atoms with Crippen molar-refractivity contribution in [3.8, 4) is 5.69 Å². The number of nitrogens with zero attached hydrogens (tertiary/aromatic N) is 2. The quantitative estimate of drug-likeness (QED) is 0.882. The number of hydrogen-bond donors (Lipinski definition) is 1. The molecule has 1 aromatic heterocycles. The average Bonchev–Trinajstić information content (AvgIpc) is 2.59. The SMILES string of the molecule is Cc1nn(-c2ccccc2)cc1CS(N)(=O)=O. The van der Waals surface area contributed by atoms with Crippen molar-refractivity contribution in [1.29, 1.82) is 0 Å². The van der Waals surface area contributed by atoms with Crippen LogP contribution in [0.4, 0.5) is 0 Å². The number of para-hydroxylation sites is 1. The molecule has 0 fully saturated rings. The number of nitrogens with two attached hydrogens (primary N) is 1. The van der Waals surface area contributed by atoms with Crippen LogP contribution in [0.2, 0.25) is 0 Å². The van der Waals surface area contributed by atoms with Gasteiger partial charge in [-0.3, -0.25) is 0 Å². The van der Waals surface area contributed by atoms with Crippen LogP contribution >= 0.6 is 0 Å². The van der Waals surface area contributed by atoms with Crippen LogP contribution in [0, 0.1) is 6.92 Å². The molecule has 0 bridgehead atoms. The van der Waals surface area contributed by atoms with E-state index in [-0.39, 0.29) is 5.75 Å². The van der Waals surface area contributed by atoms with Gasteiger partial charge in [-0.2, -0.15) is 5.10 Å². The van der Waals surface area contributed by atoms with Gasteiger partial charge in [0.15, 0.2) is 0 Å². The number of aromatic nitrogens is 2. The van der Waals surface area contributed by atoms with E-state index >= 15 is 0 Å². The van der Waals surface area contributed by atoms with E-state index in [0.717, 1.165) is 5.69 Å². The van der Waals surface area contributed by atoms with Crippen molar-refractivity contribution in [3.63, 3.8) is 0 Å². The molecule has 2 aromatic rings. The Morgan fingerprint density at radius 1 is 1.29 bits per heavy atom. The molecule has 1 heterocycles. The van der Waals surface area contributed by atoms with Crippen molar-refractivity contribution in [2.24, 2.45) is 5.14 Å². The van der Waals surface area contributed by atoms with Crippen LogP contribution in [0.15, 0.2) is 36.5 Å². The number of primary sulfonamides is 1. The maximum atomic E-state index is 11.0. The van der Waals surface area contributed by atoms with E-state index in [9.17, 15) is 8.42 Å². The van der Waals surface area contributed by atoms with Crippen molar-refractivity contribution in [2.45, 2.75) is 12.7 Å². The molecule has 0 aliphatic heterocycles. The van der Waals surface area contributed by atoms with Crippen LogP contribution in [0.3, 0.4) is 0 Å². The minimum Gasteiger partial charge on any atom is -0.240 e. The second-order valence-corrected chi connectivity index (χ2v) is 5.44. The number of aryl methyl sites for hydroxylation is 1. The van der Waals surface area contributed by atoms with E-state index in [1.165, 1.54) is 0 Å². The van der Waals surface area contributed by atoms with Gasteiger partial charge in [-0.05, 0) is 19.1 Å². The molecule has 90 valence electrons. The van der Waals surface area contributed by atoms with Gasteiger partial charge in [0, 0.05) is 11.8 Å². The number of rotatable bonds is 3. The summed E-state index contributed by atoms with van der Waals surface area (Å²) >= 11 is 0. The predicted molar refractivity (Wildman–Crippen MR) is 65.1 cm³/mol. The van der Waals surface area contributed by atoms with Crippen LogP contribution in [0.5, 0.6) is 0 Å². The molecular formula is C11H13N3O2S. The van der Waals surface area contributed by atoms with Gasteiger partial charge >= 0.3 is 0 Å². The molecule has 0 amide bonds. The summed E-state index contributed by atoms with van der Waals surface area (Å²) in [5, 5.41) is 9.28. The highest BCUT2D eigenvalue weighted by Gasteiger charge is 2.11. The van der Waals surface area contributed by atoms with Crippen molar-refractivity contribution in [3.05, 3.63) is 47.8 Å². The molecule has 0 aliphatic rings. The Bertz CT molecular complexity index is 617. The fourth-order valence-corrected chi connectivity index (χ4v) is 2.28. The largest absolute Gasteiger partial charge is 0.240 e. The van der Waals surface area contributed by atoms with Crippen LogP contribution < -0.4 is 5.14 Å². The number of benzene rings is 1. The second kappa shape index (κ2) is 4.31. The van der Waals surface area contributed by atoms with E-state index in [1.807, 2.05) is 30.3 Å². The molecule has 5 nitrogen and oxygen atoms in total. The smallest absolute Gasteiger partial charge is 0.213 e. The highest BCUT2D eigenvalue weighted by molar-refractivity contribution is 7.88. The molecule has 2 N–H and O–H groups in total. The molecule has 0 spiro atoms. The van der Waals surface area contributed by atoms with Gasteiger partial charge < -0.3 is 0 Å². The van der Waals surface area contributed by atoms with Gasteiger partial charge in [0.25, 0.3) is 0 Å². The summed E-state index contributed by atoms with van der Waals surface area (Å²) in [5.41, 5.74) is 2.18. The monoisotopic (exact) mass is 251 g/mol. The van der Waals surface area contributed by atoms with Gasteiger partial charge in [-0.15, -0.1) is 0 Å². The Hall–Kier alpha value is -1.66. The first-order valence-corrected chi connectivity index (χ1v) is 6.78. The third-order valence-electron chi connectivity index (χ3n) is 2.38. The van der Waals surface area contributed by atoms with Gasteiger partial charge in [0.05, 0.1) is 17.1 Å². The lowest BCUT2D eigenvalue weighted by Crippen LogP contribution is -2.14. The highest BCUT2D eigenvalue weighted by Crippen LogP contribution is 2.13. The first kappa shape index (κ1) is 11.8. The molecular weight excluding hydrogens is 238 g/mol. The minimum atomic E-state index is -3.52. The minimum absolute atomic E-state index is 0.189. The maximum absolute atomic E-state index is 11.0. The summed E-state index contributed by atoms with van der Waals surface area (Å²) in [4.78, 5) is 0. The van der Waals surface area contributed by atoms with Crippen molar-refractivity contribution in [1.82, 2.24) is 9.78 Å². The fraction of sp³-hybridized carbons (Fsp3) is 0.182. The van der Waals surface area contributed by atoms with Crippen LogP contribution in [-0.2, 0) is 15.8 Å². The average molecular weight is 251 g/mol. The molecule has 0 atom stereocenters. The van der Waals surface area contributed by atoms with Crippen molar-refractivity contribution < 1.29 is 8.42 Å². The lowest BCUT2D eigenvalue weighted by Gasteiger charge is -1.98. The lowest BCUT2D eigenvalue weighted by molar-refractivity contribution is 0.597. The third kappa shape index (κ3) is 2.92. The van der Waals surface area contributed by atoms with E-state index < -0.39 is 10.0 Å². The van der Waals surface area contributed by atoms with E-state index in [4.69, 9.17) is 5.14 Å². The molecule has 17 heavy (non-hydrogen) atoms. The van der Waals surface area contributed by atoms with E-state index in [0.29, 0.717) is 11.3 Å². The topological polar surface area (TPSA) is 78.0 Å². The van der Waals surface area contributed by atoms with E-state index in [2.05, 4.69) is 5.10 Å². The number of sulfonamides is 1. The normalized spacial score (nSPS) is 11.6. The standard InChI is InChI=1S/C11H13N3O2S/c1-9-10(8-17(12,15)16)7-14(13-9)11-5-3-2-4-6-11/h2-7H,8H2,1H3,(H2,12,15,16). The number of hydrogen-bond acceptors (Lipinski definition) is 3. The third-order valence-corrected chi connectivity index (χ3v) is 3.09. The Kier molecular flexibility index (Phi) is 2.99. The molecule has 0 radical (unpaired) electrons. The second-order valence-electron chi connectivity index (χ2n) is 3.83. The summed E-state index contributed by atoms with van der Waals surface area (Å²) in [6.07, 6.45) is 1.69. The zero-order chi connectivity index (χ0) is 12.5. The first-order valence-electron chi connectivity index (χ1n) is 5.07. The van der Waals surface area contributed by atoms with Gasteiger partial charge in [-0.25, -0.2) is 18.2 Å². The molecule has 2 rings (SSSR count). The zero-order valence-corrected chi connectivity index (χ0v) is 10.2. The van der Waals surface area contributed by atoms with Crippen LogP contribution in [0.1, 0.15) is 11.3 Å². The van der Waals surface area contributed by atoms with E-state index in [1.54, 1.807) is 17.8 Å².